The van der Waals surface area contributed by atoms with Crippen molar-refractivity contribution in [2.45, 2.75) is 19.4 Å². The molecule has 1 atom stereocenters. The van der Waals surface area contributed by atoms with Crippen LogP contribution in [0, 0.1) is 6.92 Å². The molecule has 1 amide bonds. The molecule has 0 aliphatic rings. The molecule has 23 heavy (non-hydrogen) atoms. The van der Waals surface area contributed by atoms with Crippen molar-refractivity contribution in [2.24, 2.45) is 0 Å². The zero-order valence-electron chi connectivity index (χ0n) is 13.9. The van der Waals surface area contributed by atoms with Crippen molar-refractivity contribution in [3.63, 3.8) is 0 Å². The lowest BCUT2D eigenvalue weighted by molar-refractivity contribution is -0.125. The molecule has 2 N–H and O–H groups in total. The predicted octanol–water partition coefficient (Wildman–Crippen LogP) is 2.66. The first-order valence-electron chi connectivity index (χ1n) is 7.76. The van der Waals surface area contributed by atoms with Crippen LogP contribution in [0.15, 0.2) is 48.5 Å². The maximum Gasteiger partial charge on any atom is 0.241 e. The van der Waals surface area contributed by atoms with E-state index in [1.54, 1.807) is 12.1 Å². The van der Waals surface area contributed by atoms with Crippen LogP contribution in [-0.2, 0) is 11.2 Å². The van der Waals surface area contributed by atoms with Crippen LogP contribution in [0.5, 0.6) is 5.75 Å². The number of carbonyl (C=O) groups excluding carboxylic acids is 1. The second-order valence-corrected chi connectivity index (χ2v) is 5.99. The minimum absolute atomic E-state index is 0.000576. The van der Waals surface area contributed by atoms with Crippen molar-refractivity contribution in [2.75, 3.05) is 20.6 Å². The van der Waals surface area contributed by atoms with Crippen molar-refractivity contribution in [3.8, 4) is 5.75 Å². The van der Waals surface area contributed by atoms with Crippen LogP contribution >= 0.6 is 0 Å². The highest BCUT2D eigenvalue weighted by atomic mass is 16.3. The van der Waals surface area contributed by atoms with E-state index in [9.17, 15) is 9.90 Å². The van der Waals surface area contributed by atoms with Gasteiger partial charge in [0.05, 0.1) is 0 Å². The number of nitrogens with one attached hydrogen (secondary N) is 1. The third-order valence-corrected chi connectivity index (χ3v) is 3.77. The molecule has 0 unspecified atom stereocenters. The SMILES string of the molecule is Cc1cccc([C@H](C(=O)NCCc2ccc(O)cc2)N(C)C)c1. The van der Waals surface area contributed by atoms with E-state index in [0.29, 0.717) is 6.54 Å². The van der Waals surface area contributed by atoms with Gasteiger partial charge in [0.2, 0.25) is 5.91 Å². The molecule has 0 saturated carbocycles. The lowest BCUT2D eigenvalue weighted by atomic mass is 10.0. The van der Waals surface area contributed by atoms with E-state index in [0.717, 1.165) is 23.1 Å². The van der Waals surface area contributed by atoms with E-state index in [4.69, 9.17) is 0 Å². The molecule has 2 rings (SSSR count). The number of aromatic hydroxyl groups is 1. The number of rotatable bonds is 6. The Morgan fingerprint density at radius 2 is 1.87 bits per heavy atom. The molecule has 2 aromatic carbocycles. The standard InChI is InChI=1S/C19H24N2O2/c1-14-5-4-6-16(13-14)18(21(2)3)19(23)20-12-11-15-7-9-17(22)10-8-15/h4-10,13,18,22H,11-12H2,1-3H3,(H,20,23)/t18-/m1/s1. The molecular formula is C19H24N2O2. The fourth-order valence-corrected chi connectivity index (χ4v) is 2.61. The predicted molar refractivity (Wildman–Crippen MR) is 92.4 cm³/mol. The fraction of sp³-hybridized carbons (Fsp3) is 0.316. The van der Waals surface area contributed by atoms with Gasteiger partial charge in [0.15, 0.2) is 0 Å². The van der Waals surface area contributed by atoms with Crippen LogP contribution in [0.25, 0.3) is 0 Å². The third-order valence-electron chi connectivity index (χ3n) is 3.77. The van der Waals surface area contributed by atoms with Gasteiger partial charge in [-0.05, 0) is 50.7 Å². The van der Waals surface area contributed by atoms with Gasteiger partial charge in [0.25, 0.3) is 0 Å². The summed E-state index contributed by atoms with van der Waals surface area (Å²) in [6.07, 6.45) is 0.736. The molecule has 0 radical (unpaired) electrons. The summed E-state index contributed by atoms with van der Waals surface area (Å²) in [4.78, 5) is 14.5. The molecule has 4 nitrogen and oxygen atoms in total. The largest absolute Gasteiger partial charge is 0.508 e. The van der Waals surface area contributed by atoms with Gasteiger partial charge < -0.3 is 10.4 Å². The van der Waals surface area contributed by atoms with Gasteiger partial charge in [-0.1, -0.05) is 42.0 Å². The first-order chi connectivity index (χ1) is 11.0. The zero-order valence-corrected chi connectivity index (χ0v) is 13.9. The van der Waals surface area contributed by atoms with Crippen molar-refractivity contribution in [3.05, 3.63) is 65.2 Å². The summed E-state index contributed by atoms with van der Waals surface area (Å²) in [6.45, 7) is 2.60. The lowest BCUT2D eigenvalue weighted by Crippen LogP contribution is -2.37. The number of carbonyl (C=O) groups is 1. The van der Waals surface area contributed by atoms with Crippen LogP contribution in [0.4, 0.5) is 0 Å². The minimum Gasteiger partial charge on any atom is -0.508 e. The summed E-state index contributed by atoms with van der Waals surface area (Å²) in [5.74, 6) is 0.254. The Labute approximate surface area is 137 Å². The third kappa shape index (κ3) is 4.83. The van der Waals surface area contributed by atoms with Crippen LogP contribution in [0.1, 0.15) is 22.7 Å². The van der Waals surface area contributed by atoms with E-state index in [1.165, 1.54) is 0 Å². The highest BCUT2D eigenvalue weighted by Crippen LogP contribution is 2.19. The molecule has 0 aliphatic heterocycles. The highest BCUT2D eigenvalue weighted by molar-refractivity contribution is 5.83. The molecule has 4 heteroatoms. The van der Waals surface area contributed by atoms with Crippen LogP contribution < -0.4 is 5.32 Å². The number of benzene rings is 2. The second kappa shape index (κ2) is 7.79. The maximum absolute atomic E-state index is 12.5. The van der Waals surface area contributed by atoms with Gasteiger partial charge in [-0.25, -0.2) is 0 Å². The molecule has 0 fully saturated rings. The fourth-order valence-electron chi connectivity index (χ4n) is 2.61. The van der Waals surface area contributed by atoms with E-state index in [-0.39, 0.29) is 17.7 Å². The number of aryl methyl sites for hydroxylation is 1. The molecular weight excluding hydrogens is 288 g/mol. The molecule has 0 aromatic heterocycles. The number of hydrogen-bond donors (Lipinski definition) is 2. The second-order valence-electron chi connectivity index (χ2n) is 5.99. The Morgan fingerprint density at radius 1 is 1.17 bits per heavy atom. The van der Waals surface area contributed by atoms with Crippen molar-refractivity contribution >= 4 is 5.91 Å². The highest BCUT2D eigenvalue weighted by Gasteiger charge is 2.22. The van der Waals surface area contributed by atoms with Crippen molar-refractivity contribution in [1.82, 2.24) is 10.2 Å². The number of hydrogen-bond acceptors (Lipinski definition) is 3. The summed E-state index contributed by atoms with van der Waals surface area (Å²) in [5, 5.41) is 12.3. The molecule has 0 saturated heterocycles. The summed E-state index contributed by atoms with van der Waals surface area (Å²) in [7, 11) is 3.82. The monoisotopic (exact) mass is 312 g/mol. The first kappa shape index (κ1) is 17.0. The Morgan fingerprint density at radius 3 is 2.48 bits per heavy atom. The topological polar surface area (TPSA) is 52.6 Å². The Balaban J connectivity index is 1.97. The molecule has 0 spiro atoms. The first-order valence-corrected chi connectivity index (χ1v) is 7.76. The van der Waals surface area contributed by atoms with E-state index in [2.05, 4.69) is 5.32 Å². The normalized spacial score (nSPS) is 12.2. The van der Waals surface area contributed by atoms with Gasteiger partial charge in [-0.3, -0.25) is 9.69 Å². The zero-order chi connectivity index (χ0) is 16.8. The number of likely N-dealkylation sites (N-methyl/N-ethyl adjacent to an activating group) is 1. The summed E-state index contributed by atoms with van der Waals surface area (Å²) >= 11 is 0. The summed E-state index contributed by atoms with van der Waals surface area (Å²) in [5.41, 5.74) is 3.23. The van der Waals surface area contributed by atoms with Gasteiger partial charge in [0, 0.05) is 6.54 Å². The van der Waals surface area contributed by atoms with E-state index < -0.39 is 0 Å². The Hall–Kier alpha value is -2.33. The molecule has 0 bridgehead atoms. The number of amides is 1. The molecule has 122 valence electrons. The number of phenolic OH excluding ortho intramolecular Hbond substituents is 1. The summed E-state index contributed by atoms with van der Waals surface area (Å²) < 4.78 is 0. The number of phenols is 1. The van der Waals surface area contributed by atoms with Gasteiger partial charge in [0.1, 0.15) is 11.8 Å². The van der Waals surface area contributed by atoms with Crippen LogP contribution in [0.3, 0.4) is 0 Å². The van der Waals surface area contributed by atoms with Crippen molar-refractivity contribution < 1.29 is 9.90 Å². The van der Waals surface area contributed by atoms with Gasteiger partial charge in [-0.2, -0.15) is 0 Å². The quantitative estimate of drug-likeness (QED) is 0.862. The Bertz CT molecular complexity index is 651. The molecule has 0 heterocycles. The summed E-state index contributed by atoms with van der Waals surface area (Å²) in [6, 6.07) is 14.8. The van der Waals surface area contributed by atoms with E-state index >= 15 is 0 Å². The maximum atomic E-state index is 12.5. The van der Waals surface area contributed by atoms with Gasteiger partial charge in [-0.15, -0.1) is 0 Å². The minimum atomic E-state index is -0.297. The van der Waals surface area contributed by atoms with Crippen LogP contribution in [-0.4, -0.2) is 36.6 Å². The lowest BCUT2D eigenvalue weighted by Gasteiger charge is -2.24. The smallest absolute Gasteiger partial charge is 0.241 e. The molecule has 2 aromatic rings. The van der Waals surface area contributed by atoms with Crippen molar-refractivity contribution in [1.29, 1.82) is 0 Å². The number of nitrogens with zero attached hydrogens (tertiary/aromatic N) is 1. The average Bonchev–Trinajstić information content (AvgIpc) is 2.49. The average molecular weight is 312 g/mol. The van der Waals surface area contributed by atoms with E-state index in [1.807, 2.05) is 62.3 Å². The van der Waals surface area contributed by atoms with Gasteiger partial charge >= 0.3 is 0 Å². The Kier molecular flexibility index (Phi) is 5.77. The molecule has 0 aliphatic carbocycles. The van der Waals surface area contributed by atoms with Crippen LogP contribution in [0.2, 0.25) is 0 Å².